The molecule has 0 aromatic rings. The van der Waals surface area contributed by atoms with Gasteiger partial charge in [-0.25, -0.2) is 4.79 Å². The van der Waals surface area contributed by atoms with Crippen LogP contribution in [-0.2, 0) is 19.1 Å². The normalized spacial score (nSPS) is 18.5. The number of ether oxygens (including phenoxy) is 1. The molecule has 0 saturated carbocycles. The van der Waals surface area contributed by atoms with Gasteiger partial charge in [0.05, 0.1) is 7.11 Å². The Morgan fingerprint density at radius 1 is 1.41 bits per heavy atom. The SMILES string of the molecule is COC(=O)C(C)=CCN1C(=O)CC(C)CC1=O. The predicted molar refractivity (Wildman–Crippen MR) is 60.9 cm³/mol. The first-order chi connectivity index (χ1) is 7.95. The first-order valence-corrected chi connectivity index (χ1v) is 5.54. The van der Waals surface area contributed by atoms with Gasteiger partial charge >= 0.3 is 5.97 Å². The van der Waals surface area contributed by atoms with Crippen molar-refractivity contribution in [2.45, 2.75) is 26.7 Å². The maximum atomic E-state index is 11.6. The van der Waals surface area contributed by atoms with Crippen LogP contribution in [0.4, 0.5) is 0 Å². The molecule has 94 valence electrons. The largest absolute Gasteiger partial charge is 0.466 e. The molecule has 1 rings (SSSR count). The molecule has 17 heavy (non-hydrogen) atoms. The maximum absolute atomic E-state index is 11.6. The lowest BCUT2D eigenvalue weighted by Crippen LogP contribution is -2.42. The van der Waals surface area contributed by atoms with Gasteiger partial charge in [-0.2, -0.15) is 0 Å². The lowest BCUT2D eigenvalue weighted by atomic mass is 9.98. The van der Waals surface area contributed by atoms with Crippen LogP contribution in [0.25, 0.3) is 0 Å². The van der Waals surface area contributed by atoms with Crippen LogP contribution in [0.5, 0.6) is 0 Å². The zero-order chi connectivity index (χ0) is 13.0. The summed E-state index contributed by atoms with van der Waals surface area (Å²) in [5.41, 5.74) is 0.395. The molecule has 0 aliphatic carbocycles. The fourth-order valence-corrected chi connectivity index (χ4v) is 1.70. The predicted octanol–water partition coefficient (Wildman–Crippen LogP) is 0.891. The van der Waals surface area contributed by atoms with E-state index >= 15 is 0 Å². The number of carbonyl (C=O) groups excluding carboxylic acids is 3. The van der Waals surface area contributed by atoms with E-state index in [1.165, 1.54) is 18.1 Å². The molecule has 1 aliphatic heterocycles. The first-order valence-electron chi connectivity index (χ1n) is 5.54. The van der Waals surface area contributed by atoms with Crippen molar-refractivity contribution in [2.24, 2.45) is 5.92 Å². The lowest BCUT2D eigenvalue weighted by Gasteiger charge is -2.27. The summed E-state index contributed by atoms with van der Waals surface area (Å²) in [6, 6.07) is 0. The Labute approximate surface area is 100 Å². The Morgan fingerprint density at radius 3 is 2.41 bits per heavy atom. The molecule has 0 atom stereocenters. The van der Waals surface area contributed by atoms with Crippen molar-refractivity contribution in [3.8, 4) is 0 Å². The maximum Gasteiger partial charge on any atom is 0.333 e. The van der Waals surface area contributed by atoms with E-state index in [0.717, 1.165) is 0 Å². The van der Waals surface area contributed by atoms with Gasteiger partial charge in [-0.15, -0.1) is 0 Å². The average Bonchev–Trinajstić information content (AvgIpc) is 2.26. The third kappa shape index (κ3) is 3.41. The molecule has 1 heterocycles. The Balaban J connectivity index is 2.65. The van der Waals surface area contributed by atoms with Gasteiger partial charge in [0, 0.05) is 25.0 Å². The van der Waals surface area contributed by atoms with Crippen molar-refractivity contribution in [3.05, 3.63) is 11.6 Å². The standard InChI is InChI=1S/C12H17NO4/c1-8-6-10(14)13(11(15)7-8)5-4-9(2)12(16)17-3/h4,8H,5-7H2,1-3H3. The van der Waals surface area contributed by atoms with Crippen molar-refractivity contribution in [2.75, 3.05) is 13.7 Å². The zero-order valence-electron chi connectivity index (χ0n) is 10.4. The fraction of sp³-hybridized carbons (Fsp3) is 0.583. The fourth-order valence-electron chi connectivity index (χ4n) is 1.70. The quantitative estimate of drug-likeness (QED) is 0.417. The summed E-state index contributed by atoms with van der Waals surface area (Å²) in [7, 11) is 1.29. The average molecular weight is 239 g/mol. The highest BCUT2D eigenvalue weighted by molar-refractivity contribution is 5.98. The van der Waals surface area contributed by atoms with Crippen molar-refractivity contribution in [3.63, 3.8) is 0 Å². The third-order valence-corrected chi connectivity index (χ3v) is 2.74. The van der Waals surface area contributed by atoms with Gasteiger partial charge in [0.15, 0.2) is 0 Å². The molecule has 0 aromatic heterocycles. The van der Waals surface area contributed by atoms with E-state index in [2.05, 4.69) is 4.74 Å². The smallest absolute Gasteiger partial charge is 0.333 e. The highest BCUT2D eigenvalue weighted by Gasteiger charge is 2.29. The van der Waals surface area contributed by atoms with Crippen LogP contribution in [0, 0.1) is 5.92 Å². The lowest BCUT2D eigenvalue weighted by molar-refractivity contribution is -0.149. The molecule has 1 saturated heterocycles. The van der Waals surface area contributed by atoms with Gasteiger partial charge in [-0.1, -0.05) is 13.0 Å². The first kappa shape index (κ1) is 13.4. The Bertz CT molecular complexity index is 355. The number of amides is 2. The molecule has 0 aromatic carbocycles. The summed E-state index contributed by atoms with van der Waals surface area (Å²) in [5, 5.41) is 0. The second kappa shape index (κ2) is 5.61. The Hall–Kier alpha value is -1.65. The molecule has 5 heteroatoms. The van der Waals surface area contributed by atoms with Gasteiger partial charge in [-0.3, -0.25) is 14.5 Å². The zero-order valence-corrected chi connectivity index (χ0v) is 10.4. The van der Waals surface area contributed by atoms with Crippen LogP contribution in [0.3, 0.4) is 0 Å². The number of hydrogen-bond acceptors (Lipinski definition) is 4. The van der Waals surface area contributed by atoms with E-state index in [-0.39, 0.29) is 24.3 Å². The summed E-state index contributed by atoms with van der Waals surface area (Å²) in [5.74, 6) is -0.697. The van der Waals surface area contributed by atoms with Gasteiger partial charge in [0.25, 0.3) is 0 Å². The van der Waals surface area contributed by atoms with Crippen LogP contribution < -0.4 is 0 Å². The second-order valence-corrected chi connectivity index (χ2v) is 4.29. The minimum atomic E-state index is -0.449. The van der Waals surface area contributed by atoms with Crippen molar-refractivity contribution >= 4 is 17.8 Å². The third-order valence-electron chi connectivity index (χ3n) is 2.74. The summed E-state index contributed by atoms with van der Waals surface area (Å²) < 4.78 is 4.53. The van der Waals surface area contributed by atoms with E-state index in [0.29, 0.717) is 18.4 Å². The minimum Gasteiger partial charge on any atom is -0.466 e. The van der Waals surface area contributed by atoms with Crippen molar-refractivity contribution < 1.29 is 19.1 Å². The summed E-state index contributed by atoms with van der Waals surface area (Å²) in [4.78, 5) is 35.6. The molecule has 0 unspecified atom stereocenters. The van der Waals surface area contributed by atoms with E-state index in [1.807, 2.05) is 6.92 Å². The van der Waals surface area contributed by atoms with Crippen LogP contribution in [-0.4, -0.2) is 36.3 Å². The van der Waals surface area contributed by atoms with Gasteiger partial charge < -0.3 is 4.74 Å². The van der Waals surface area contributed by atoms with Gasteiger partial charge in [-0.05, 0) is 12.8 Å². The summed E-state index contributed by atoms with van der Waals surface area (Å²) in [6.07, 6.45) is 2.31. The highest BCUT2D eigenvalue weighted by Crippen LogP contribution is 2.18. The van der Waals surface area contributed by atoms with E-state index in [4.69, 9.17) is 0 Å². The van der Waals surface area contributed by atoms with Gasteiger partial charge in [0.2, 0.25) is 11.8 Å². The molecular weight excluding hydrogens is 222 g/mol. The molecule has 0 radical (unpaired) electrons. The number of imide groups is 1. The molecule has 1 aliphatic rings. The van der Waals surface area contributed by atoms with Crippen LogP contribution in [0.1, 0.15) is 26.7 Å². The monoisotopic (exact) mass is 239 g/mol. The number of esters is 1. The van der Waals surface area contributed by atoms with Crippen LogP contribution in [0.15, 0.2) is 11.6 Å². The van der Waals surface area contributed by atoms with E-state index in [9.17, 15) is 14.4 Å². The number of likely N-dealkylation sites (tertiary alicyclic amines) is 1. The molecule has 0 N–H and O–H groups in total. The number of carbonyl (C=O) groups is 3. The minimum absolute atomic E-state index is 0.108. The Kier molecular flexibility index (Phi) is 4.43. The topological polar surface area (TPSA) is 63.7 Å². The summed E-state index contributed by atoms with van der Waals surface area (Å²) >= 11 is 0. The number of methoxy groups -OCH3 is 1. The molecule has 5 nitrogen and oxygen atoms in total. The molecule has 1 fully saturated rings. The number of rotatable bonds is 3. The molecule has 2 amide bonds. The summed E-state index contributed by atoms with van der Waals surface area (Å²) in [6.45, 7) is 3.61. The molecule has 0 spiro atoms. The molecular formula is C12H17NO4. The number of nitrogens with zero attached hydrogens (tertiary/aromatic N) is 1. The Morgan fingerprint density at radius 2 is 1.94 bits per heavy atom. The highest BCUT2D eigenvalue weighted by atomic mass is 16.5. The van der Waals surface area contributed by atoms with Crippen LogP contribution in [0.2, 0.25) is 0 Å². The van der Waals surface area contributed by atoms with Crippen molar-refractivity contribution in [1.29, 1.82) is 0 Å². The number of hydrogen-bond donors (Lipinski definition) is 0. The van der Waals surface area contributed by atoms with Crippen LogP contribution >= 0.6 is 0 Å². The van der Waals surface area contributed by atoms with E-state index < -0.39 is 5.97 Å². The van der Waals surface area contributed by atoms with Crippen molar-refractivity contribution in [1.82, 2.24) is 4.90 Å². The number of piperidine rings is 1. The van der Waals surface area contributed by atoms with E-state index in [1.54, 1.807) is 6.92 Å². The van der Waals surface area contributed by atoms with Gasteiger partial charge in [0.1, 0.15) is 0 Å². The second-order valence-electron chi connectivity index (χ2n) is 4.29. The molecule has 0 bridgehead atoms.